The summed E-state index contributed by atoms with van der Waals surface area (Å²) in [6.07, 6.45) is 1.51. The van der Waals surface area contributed by atoms with E-state index in [1.165, 1.54) is 6.20 Å². The van der Waals surface area contributed by atoms with Crippen LogP contribution in [0, 0.1) is 18.3 Å². The Morgan fingerprint density at radius 1 is 1.40 bits per heavy atom. The third-order valence-electron chi connectivity index (χ3n) is 3.00. The molecule has 0 atom stereocenters. The second-order valence-electron chi connectivity index (χ2n) is 4.93. The van der Waals surface area contributed by atoms with Gasteiger partial charge in [-0.1, -0.05) is 0 Å². The highest BCUT2D eigenvalue weighted by molar-refractivity contribution is 6.12. The number of carbonyl (C=O) groups excluding carboxylic acids is 1. The van der Waals surface area contributed by atoms with E-state index in [0.29, 0.717) is 11.4 Å². The van der Waals surface area contributed by atoms with Gasteiger partial charge in [-0.15, -0.1) is 0 Å². The van der Waals surface area contributed by atoms with Crippen molar-refractivity contribution in [1.82, 2.24) is 9.88 Å². The van der Waals surface area contributed by atoms with Crippen molar-refractivity contribution in [3.8, 4) is 6.07 Å². The lowest BCUT2D eigenvalue weighted by Gasteiger charge is -2.04. The zero-order valence-electron chi connectivity index (χ0n) is 11.7. The van der Waals surface area contributed by atoms with Crippen molar-refractivity contribution < 1.29 is 4.79 Å². The van der Waals surface area contributed by atoms with E-state index in [-0.39, 0.29) is 11.4 Å². The fraction of sp³-hybridized carbons (Fsp3) is 0.200. The third-order valence-corrected chi connectivity index (χ3v) is 3.00. The minimum Gasteiger partial charge on any atom is -0.398 e. The fourth-order valence-corrected chi connectivity index (χ4v) is 1.98. The molecule has 0 bridgehead atoms. The van der Waals surface area contributed by atoms with Crippen LogP contribution in [0.3, 0.4) is 0 Å². The first kappa shape index (κ1) is 13.7. The number of rotatable bonds is 3. The molecule has 0 saturated heterocycles. The first-order valence-electron chi connectivity index (χ1n) is 6.14. The Kier molecular flexibility index (Phi) is 3.49. The SMILES string of the molecule is Cc1cc2cc(C(=O)/C(C#N)=C/N(C)C)[nH]c2cc1N. The fourth-order valence-electron chi connectivity index (χ4n) is 1.98. The van der Waals surface area contributed by atoms with Crippen molar-refractivity contribution in [3.63, 3.8) is 0 Å². The summed E-state index contributed by atoms with van der Waals surface area (Å²) >= 11 is 0. The number of allylic oxidation sites excluding steroid dienone is 1. The Labute approximate surface area is 117 Å². The maximum absolute atomic E-state index is 12.3. The number of nitrogens with zero attached hydrogens (tertiary/aromatic N) is 2. The molecule has 0 aliphatic heterocycles. The van der Waals surface area contributed by atoms with E-state index < -0.39 is 0 Å². The molecule has 0 amide bonds. The van der Waals surface area contributed by atoms with E-state index in [9.17, 15) is 4.79 Å². The molecular weight excluding hydrogens is 252 g/mol. The number of aromatic amines is 1. The first-order valence-corrected chi connectivity index (χ1v) is 6.14. The Morgan fingerprint density at radius 2 is 2.10 bits per heavy atom. The number of ketones is 1. The van der Waals surface area contributed by atoms with Crippen LogP contribution in [-0.4, -0.2) is 29.8 Å². The molecular formula is C15H16N4O. The van der Waals surface area contributed by atoms with Crippen LogP contribution in [-0.2, 0) is 0 Å². The van der Waals surface area contributed by atoms with Gasteiger partial charge in [0.15, 0.2) is 0 Å². The van der Waals surface area contributed by atoms with Gasteiger partial charge in [0, 0.05) is 36.9 Å². The summed E-state index contributed by atoms with van der Waals surface area (Å²) in [6, 6.07) is 7.38. The number of H-pyrrole nitrogens is 1. The van der Waals surface area contributed by atoms with Gasteiger partial charge >= 0.3 is 0 Å². The van der Waals surface area contributed by atoms with Gasteiger partial charge in [0.2, 0.25) is 5.78 Å². The highest BCUT2D eigenvalue weighted by atomic mass is 16.1. The van der Waals surface area contributed by atoms with Crippen LogP contribution in [0.15, 0.2) is 30.0 Å². The summed E-state index contributed by atoms with van der Waals surface area (Å²) in [5.41, 5.74) is 8.74. The molecule has 2 aromatic rings. The molecule has 2 rings (SSSR count). The summed E-state index contributed by atoms with van der Waals surface area (Å²) in [5, 5.41) is 9.97. The Morgan fingerprint density at radius 3 is 2.70 bits per heavy atom. The average Bonchev–Trinajstić information content (AvgIpc) is 2.78. The van der Waals surface area contributed by atoms with Gasteiger partial charge in [-0.25, -0.2) is 0 Å². The minimum atomic E-state index is -0.325. The molecule has 3 N–H and O–H groups in total. The van der Waals surface area contributed by atoms with Gasteiger partial charge in [-0.3, -0.25) is 4.79 Å². The molecule has 0 aliphatic rings. The molecule has 0 radical (unpaired) electrons. The molecule has 0 fully saturated rings. The lowest BCUT2D eigenvalue weighted by atomic mass is 10.1. The smallest absolute Gasteiger partial charge is 0.221 e. The maximum Gasteiger partial charge on any atom is 0.221 e. The number of aromatic nitrogens is 1. The Balaban J connectivity index is 2.48. The lowest BCUT2D eigenvalue weighted by Crippen LogP contribution is -2.09. The highest BCUT2D eigenvalue weighted by Crippen LogP contribution is 2.23. The van der Waals surface area contributed by atoms with Crippen LogP contribution >= 0.6 is 0 Å². The van der Waals surface area contributed by atoms with Crippen molar-refractivity contribution in [1.29, 1.82) is 5.26 Å². The van der Waals surface area contributed by atoms with Gasteiger partial charge in [0.25, 0.3) is 0 Å². The number of nitriles is 1. The van der Waals surface area contributed by atoms with Gasteiger partial charge < -0.3 is 15.6 Å². The van der Waals surface area contributed by atoms with Crippen molar-refractivity contribution in [3.05, 3.63) is 41.2 Å². The second kappa shape index (κ2) is 5.10. The summed E-state index contributed by atoms with van der Waals surface area (Å²) in [7, 11) is 3.53. The molecule has 0 unspecified atom stereocenters. The highest BCUT2D eigenvalue weighted by Gasteiger charge is 2.15. The van der Waals surface area contributed by atoms with Crippen LogP contribution in [0.1, 0.15) is 16.1 Å². The first-order chi connectivity index (χ1) is 9.42. The van der Waals surface area contributed by atoms with E-state index in [4.69, 9.17) is 11.0 Å². The number of nitrogens with one attached hydrogen (secondary N) is 1. The third kappa shape index (κ3) is 2.50. The Hall–Kier alpha value is -2.74. The van der Waals surface area contributed by atoms with Gasteiger partial charge in [0.1, 0.15) is 11.6 Å². The maximum atomic E-state index is 12.3. The van der Waals surface area contributed by atoms with Gasteiger partial charge in [-0.05, 0) is 30.7 Å². The number of nitrogen functional groups attached to an aromatic ring is 1. The van der Waals surface area contributed by atoms with Crippen molar-refractivity contribution >= 4 is 22.4 Å². The molecule has 0 aliphatic carbocycles. The van der Waals surface area contributed by atoms with Crippen molar-refractivity contribution in [2.24, 2.45) is 0 Å². The average molecular weight is 268 g/mol. The number of fused-ring (bicyclic) bond motifs is 1. The van der Waals surface area contributed by atoms with E-state index in [0.717, 1.165) is 16.5 Å². The normalized spacial score (nSPS) is 11.4. The van der Waals surface area contributed by atoms with E-state index in [1.807, 2.05) is 19.1 Å². The number of nitrogens with two attached hydrogens (primary N) is 1. The molecule has 5 nitrogen and oxygen atoms in total. The molecule has 0 spiro atoms. The molecule has 1 aromatic carbocycles. The predicted molar refractivity (Wildman–Crippen MR) is 79.2 cm³/mol. The van der Waals surface area contributed by atoms with Crippen LogP contribution in [0.25, 0.3) is 10.9 Å². The molecule has 1 aromatic heterocycles. The Bertz CT molecular complexity index is 708. The molecule has 102 valence electrons. The van der Waals surface area contributed by atoms with Crippen LogP contribution < -0.4 is 5.73 Å². The quantitative estimate of drug-likeness (QED) is 0.387. The van der Waals surface area contributed by atoms with Crippen molar-refractivity contribution in [2.45, 2.75) is 6.92 Å². The van der Waals surface area contributed by atoms with Crippen molar-refractivity contribution in [2.75, 3.05) is 19.8 Å². The number of aryl methyl sites for hydroxylation is 1. The molecule has 1 heterocycles. The minimum absolute atomic E-state index is 0.0891. The largest absolute Gasteiger partial charge is 0.398 e. The monoisotopic (exact) mass is 268 g/mol. The number of benzene rings is 1. The zero-order valence-corrected chi connectivity index (χ0v) is 11.7. The lowest BCUT2D eigenvalue weighted by molar-refractivity contribution is 0.103. The van der Waals surface area contributed by atoms with Crippen LogP contribution in [0.2, 0.25) is 0 Å². The molecule has 20 heavy (non-hydrogen) atoms. The van der Waals surface area contributed by atoms with E-state index >= 15 is 0 Å². The topological polar surface area (TPSA) is 85.9 Å². The molecule has 0 saturated carbocycles. The van der Waals surface area contributed by atoms with Crippen LogP contribution in [0.5, 0.6) is 0 Å². The number of Topliss-reactive ketones (excluding diaryl/α,β-unsaturated/α-hetero) is 1. The van der Waals surface area contributed by atoms with Gasteiger partial charge in [-0.2, -0.15) is 5.26 Å². The summed E-state index contributed by atoms with van der Waals surface area (Å²) in [6.45, 7) is 1.91. The van der Waals surface area contributed by atoms with Gasteiger partial charge in [0.05, 0.1) is 5.69 Å². The standard InChI is InChI=1S/C15H16N4O/c1-9-4-10-5-14(18-13(10)6-12(9)17)15(20)11(7-16)8-19(2)3/h4-6,8,18H,17H2,1-3H3/b11-8+. The summed E-state index contributed by atoms with van der Waals surface area (Å²) < 4.78 is 0. The van der Waals surface area contributed by atoms with Crippen LogP contribution in [0.4, 0.5) is 5.69 Å². The predicted octanol–water partition coefficient (Wildman–Crippen LogP) is 2.21. The number of carbonyl (C=O) groups is 1. The molecule has 5 heteroatoms. The summed E-state index contributed by atoms with van der Waals surface area (Å²) in [5.74, 6) is -0.325. The summed E-state index contributed by atoms with van der Waals surface area (Å²) in [4.78, 5) is 17.0. The number of hydrogen-bond acceptors (Lipinski definition) is 4. The zero-order chi connectivity index (χ0) is 14.9. The number of hydrogen-bond donors (Lipinski definition) is 2. The van der Waals surface area contributed by atoms with E-state index in [2.05, 4.69) is 4.98 Å². The second-order valence-corrected chi connectivity index (χ2v) is 4.93. The van der Waals surface area contributed by atoms with E-state index in [1.54, 1.807) is 31.1 Å². The number of anilines is 1.